The predicted molar refractivity (Wildman–Crippen MR) is 146 cm³/mol. The standard InChI is InChI=1S/C30H36ClN3O4/c1-2-17-34(18-13-30(14-19-34)11-15-33(16-12-30)29(37)38)28(36)22-8-7-21-9-10-26(24(21)20-22)32-27(35)23-5-3-4-6-25(23)31/h3-8,20,26H,2,9-19H2,1H3,(H-,32,35,37,38)/p+1. The summed E-state index contributed by atoms with van der Waals surface area (Å²) in [6.07, 6.45) is 5.42. The van der Waals surface area contributed by atoms with Crippen LogP contribution in [0.5, 0.6) is 0 Å². The van der Waals surface area contributed by atoms with Crippen molar-refractivity contribution in [1.29, 1.82) is 0 Å². The van der Waals surface area contributed by atoms with Gasteiger partial charge in [-0.25, -0.2) is 9.59 Å². The number of benzene rings is 2. The largest absolute Gasteiger partial charge is 0.465 e. The van der Waals surface area contributed by atoms with Crippen molar-refractivity contribution in [1.82, 2.24) is 10.2 Å². The van der Waals surface area contributed by atoms with E-state index in [0.717, 1.165) is 70.1 Å². The maximum atomic E-state index is 14.1. The fraction of sp³-hybridized carbons (Fsp3) is 0.500. The van der Waals surface area contributed by atoms with Gasteiger partial charge in [-0.05, 0) is 72.9 Å². The van der Waals surface area contributed by atoms with Crippen LogP contribution in [0.1, 0.15) is 83.3 Å². The molecule has 2 fully saturated rings. The van der Waals surface area contributed by atoms with Gasteiger partial charge in [-0.15, -0.1) is 0 Å². The van der Waals surface area contributed by atoms with Crippen LogP contribution in [0.4, 0.5) is 4.79 Å². The van der Waals surface area contributed by atoms with Crippen LogP contribution >= 0.6 is 11.6 Å². The molecule has 0 bridgehead atoms. The number of aryl methyl sites for hydroxylation is 1. The van der Waals surface area contributed by atoms with Gasteiger partial charge in [0, 0.05) is 25.9 Å². The smallest absolute Gasteiger partial charge is 0.407 e. The number of hydrogen-bond acceptors (Lipinski definition) is 3. The lowest BCUT2D eigenvalue weighted by atomic mass is 9.70. The Kier molecular flexibility index (Phi) is 7.51. The van der Waals surface area contributed by atoms with Crippen molar-refractivity contribution in [3.8, 4) is 0 Å². The molecule has 38 heavy (non-hydrogen) atoms. The molecule has 3 aliphatic rings. The molecule has 202 valence electrons. The number of amides is 3. The lowest BCUT2D eigenvalue weighted by Gasteiger charge is -2.49. The minimum Gasteiger partial charge on any atom is -0.465 e. The van der Waals surface area contributed by atoms with Crippen LogP contribution < -0.4 is 5.32 Å². The summed E-state index contributed by atoms with van der Waals surface area (Å²) in [5.41, 5.74) is 3.52. The summed E-state index contributed by atoms with van der Waals surface area (Å²) in [6.45, 7) is 5.70. The van der Waals surface area contributed by atoms with E-state index in [4.69, 9.17) is 11.6 Å². The molecule has 2 aromatic carbocycles. The molecule has 1 atom stereocenters. The van der Waals surface area contributed by atoms with Gasteiger partial charge in [-0.2, -0.15) is 0 Å². The van der Waals surface area contributed by atoms with Crippen molar-refractivity contribution in [3.63, 3.8) is 0 Å². The lowest BCUT2D eigenvalue weighted by molar-refractivity contribution is -0.857. The van der Waals surface area contributed by atoms with Crippen LogP contribution in [0.2, 0.25) is 5.02 Å². The van der Waals surface area contributed by atoms with E-state index in [9.17, 15) is 19.5 Å². The zero-order valence-electron chi connectivity index (χ0n) is 22.0. The number of hydrogen-bond donors (Lipinski definition) is 2. The average Bonchev–Trinajstić information content (AvgIpc) is 3.32. The summed E-state index contributed by atoms with van der Waals surface area (Å²) in [6, 6.07) is 12.9. The Morgan fingerprint density at radius 3 is 2.45 bits per heavy atom. The van der Waals surface area contributed by atoms with Crippen molar-refractivity contribution in [3.05, 3.63) is 69.7 Å². The topological polar surface area (TPSA) is 86.7 Å². The molecular formula is C30H37ClN3O4+. The Bertz CT molecular complexity index is 1230. The fourth-order valence-corrected chi connectivity index (χ4v) is 7.03. The van der Waals surface area contributed by atoms with Crippen molar-refractivity contribution < 1.29 is 24.0 Å². The second-order valence-electron chi connectivity index (χ2n) is 11.3. The molecule has 5 rings (SSSR count). The number of fused-ring (bicyclic) bond motifs is 1. The molecule has 8 heteroatoms. The first-order valence-corrected chi connectivity index (χ1v) is 14.2. The van der Waals surface area contributed by atoms with Crippen molar-refractivity contribution in [2.24, 2.45) is 5.41 Å². The second-order valence-corrected chi connectivity index (χ2v) is 11.8. The molecule has 7 nitrogen and oxygen atoms in total. The van der Waals surface area contributed by atoms with Crippen LogP contribution in [-0.2, 0) is 6.42 Å². The quantitative estimate of drug-likeness (QED) is 0.480. The Labute approximate surface area is 229 Å². The minimum atomic E-state index is -0.833. The predicted octanol–water partition coefficient (Wildman–Crippen LogP) is 5.68. The number of quaternary nitrogens is 1. The summed E-state index contributed by atoms with van der Waals surface area (Å²) in [7, 11) is 0. The number of nitrogens with zero attached hydrogens (tertiary/aromatic N) is 2. The highest BCUT2D eigenvalue weighted by Crippen LogP contribution is 2.44. The van der Waals surface area contributed by atoms with Crippen LogP contribution in [-0.4, -0.2) is 65.1 Å². The van der Waals surface area contributed by atoms with E-state index < -0.39 is 6.09 Å². The van der Waals surface area contributed by atoms with Crippen LogP contribution in [0.25, 0.3) is 0 Å². The average molecular weight is 539 g/mol. The molecule has 2 N–H and O–H groups in total. The normalized spacial score (nSPS) is 21.6. The Morgan fingerprint density at radius 2 is 1.79 bits per heavy atom. The number of rotatable bonds is 5. The van der Waals surface area contributed by atoms with Crippen molar-refractivity contribution in [2.75, 3.05) is 32.7 Å². The first-order chi connectivity index (χ1) is 18.3. The molecule has 1 unspecified atom stereocenters. The second kappa shape index (κ2) is 10.7. The lowest BCUT2D eigenvalue weighted by Crippen LogP contribution is -2.60. The first-order valence-electron chi connectivity index (χ1n) is 13.8. The molecule has 2 saturated heterocycles. The highest BCUT2D eigenvalue weighted by molar-refractivity contribution is 6.33. The van der Waals surface area contributed by atoms with Gasteiger partial charge in [0.05, 0.1) is 41.8 Å². The third kappa shape index (κ3) is 5.06. The van der Waals surface area contributed by atoms with E-state index in [1.54, 1.807) is 24.3 Å². The number of likely N-dealkylation sites (tertiary alicyclic amines) is 2. The number of nitrogens with one attached hydrogen (secondary N) is 1. The number of carboxylic acid groups (broad SMARTS) is 1. The molecule has 1 aliphatic carbocycles. The monoisotopic (exact) mass is 538 g/mol. The van der Waals surface area contributed by atoms with Gasteiger partial charge in [0.25, 0.3) is 5.91 Å². The number of carbonyl (C=O) groups is 3. The van der Waals surface area contributed by atoms with Gasteiger partial charge < -0.3 is 15.3 Å². The molecule has 2 heterocycles. The zero-order valence-corrected chi connectivity index (χ0v) is 22.8. The van der Waals surface area contributed by atoms with Crippen LogP contribution in [0, 0.1) is 5.41 Å². The molecule has 1 spiro atoms. The Balaban J connectivity index is 1.32. The number of carbonyl (C=O) groups excluding carboxylic acids is 2. The third-order valence-corrected chi connectivity index (χ3v) is 9.54. The fourth-order valence-electron chi connectivity index (χ4n) is 6.81. The zero-order chi connectivity index (χ0) is 26.9. The first kappa shape index (κ1) is 26.7. The van der Waals surface area contributed by atoms with Crippen molar-refractivity contribution in [2.45, 2.75) is 57.9 Å². The van der Waals surface area contributed by atoms with Gasteiger partial charge in [0.15, 0.2) is 0 Å². The van der Waals surface area contributed by atoms with E-state index in [1.165, 1.54) is 10.5 Å². The van der Waals surface area contributed by atoms with E-state index >= 15 is 0 Å². The van der Waals surface area contributed by atoms with Gasteiger partial charge in [-0.3, -0.25) is 9.28 Å². The Hall–Kier alpha value is -2.90. The minimum absolute atomic E-state index is 0.147. The summed E-state index contributed by atoms with van der Waals surface area (Å²) >= 11 is 6.24. The number of halogens is 1. The maximum absolute atomic E-state index is 14.1. The molecule has 3 amide bonds. The van der Waals surface area contributed by atoms with Gasteiger partial charge >= 0.3 is 12.0 Å². The summed E-state index contributed by atoms with van der Waals surface area (Å²) in [5.74, 6) is -0.0366. The van der Waals surface area contributed by atoms with Gasteiger partial charge in [0.2, 0.25) is 0 Å². The summed E-state index contributed by atoms with van der Waals surface area (Å²) in [5, 5.41) is 12.9. The molecule has 0 radical (unpaired) electrons. The van der Waals surface area contributed by atoms with Gasteiger partial charge in [0.1, 0.15) is 0 Å². The van der Waals surface area contributed by atoms with Crippen LogP contribution in [0.3, 0.4) is 0 Å². The molecule has 0 aromatic heterocycles. The molecule has 0 saturated carbocycles. The van der Waals surface area contributed by atoms with Crippen molar-refractivity contribution >= 4 is 29.5 Å². The molecule has 2 aromatic rings. The maximum Gasteiger partial charge on any atom is 0.407 e. The third-order valence-electron chi connectivity index (χ3n) is 9.21. The van der Waals surface area contributed by atoms with E-state index in [-0.39, 0.29) is 23.3 Å². The highest BCUT2D eigenvalue weighted by Gasteiger charge is 2.48. The molecular weight excluding hydrogens is 502 g/mol. The van der Waals surface area contributed by atoms with Gasteiger partial charge in [-0.1, -0.05) is 36.7 Å². The summed E-state index contributed by atoms with van der Waals surface area (Å²) in [4.78, 5) is 39.9. The molecule has 2 aliphatic heterocycles. The summed E-state index contributed by atoms with van der Waals surface area (Å²) < 4.78 is 0.455. The van der Waals surface area contributed by atoms with E-state index in [1.807, 2.05) is 12.1 Å². The number of piperidine rings is 2. The SMILES string of the molecule is CCC[N+]1(C(=O)c2ccc3c(c2)C(NC(=O)c2ccccc2Cl)CC3)CCC2(CCN(C(=O)O)CC2)CC1. The van der Waals surface area contributed by atoms with Crippen LogP contribution in [0.15, 0.2) is 42.5 Å². The van der Waals surface area contributed by atoms with E-state index in [0.29, 0.717) is 33.7 Å². The Morgan fingerprint density at radius 1 is 1.08 bits per heavy atom. The van der Waals surface area contributed by atoms with E-state index in [2.05, 4.69) is 18.3 Å². The highest BCUT2D eigenvalue weighted by atomic mass is 35.5.